The van der Waals surface area contributed by atoms with Gasteiger partial charge >= 0.3 is 0 Å². The minimum atomic E-state index is -0.672. The minimum absolute atomic E-state index is 0.145. The monoisotopic (exact) mass is 402 g/mol. The minimum Gasteiger partial charge on any atom is -0.288 e. The van der Waals surface area contributed by atoms with Crippen LogP contribution in [-0.2, 0) is 0 Å². The first-order valence-electron chi connectivity index (χ1n) is 5.77. The molecule has 0 spiro atoms. The number of halogens is 4. The zero-order valence-corrected chi connectivity index (χ0v) is 13.9. The lowest BCUT2D eigenvalue weighted by molar-refractivity contribution is 0.103. The van der Waals surface area contributed by atoms with Crippen LogP contribution in [0.25, 0.3) is 0 Å². The smallest absolute Gasteiger partial charge is 0.199 e. The summed E-state index contributed by atoms with van der Waals surface area (Å²) in [6.07, 6.45) is 0. The lowest BCUT2D eigenvalue weighted by Crippen LogP contribution is -2.09. The Hall–Kier alpha value is -1.07. The Morgan fingerprint density at radius 2 is 1.20 bits per heavy atom. The van der Waals surface area contributed by atoms with Crippen LogP contribution in [0, 0.1) is 25.5 Å². The number of benzene rings is 2. The van der Waals surface area contributed by atoms with Crippen molar-refractivity contribution < 1.29 is 13.6 Å². The Morgan fingerprint density at radius 1 is 0.850 bits per heavy atom. The fourth-order valence-electron chi connectivity index (χ4n) is 1.93. The average Bonchev–Trinajstić information content (AvgIpc) is 2.37. The van der Waals surface area contributed by atoms with Gasteiger partial charge in [-0.05, 0) is 49.2 Å². The van der Waals surface area contributed by atoms with Crippen LogP contribution in [0.3, 0.4) is 0 Å². The van der Waals surface area contributed by atoms with E-state index in [2.05, 4.69) is 31.9 Å². The first kappa shape index (κ1) is 15.3. The zero-order valence-electron chi connectivity index (χ0n) is 10.7. The molecule has 2 aromatic carbocycles. The maximum absolute atomic E-state index is 14.1. The summed E-state index contributed by atoms with van der Waals surface area (Å²) in [7, 11) is 0. The van der Waals surface area contributed by atoms with Gasteiger partial charge in [-0.3, -0.25) is 4.79 Å². The molecule has 0 aliphatic heterocycles. The largest absolute Gasteiger partial charge is 0.288 e. The lowest BCUT2D eigenvalue weighted by Gasteiger charge is -2.09. The Balaban J connectivity index is 2.64. The Morgan fingerprint density at radius 3 is 1.55 bits per heavy atom. The molecule has 2 rings (SSSR count). The molecule has 0 fully saturated rings. The van der Waals surface area contributed by atoms with Crippen molar-refractivity contribution in [1.82, 2.24) is 0 Å². The van der Waals surface area contributed by atoms with Crippen LogP contribution in [0.4, 0.5) is 8.78 Å². The summed E-state index contributed by atoms with van der Waals surface area (Å²) in [6, 6.07) is 5.85. The molecule has 0 amide bonds. The molecule has 0 unspecified atom stereocenters. The summed E-state index contributed by atoms with van der Waals surface area (Å²) >= 11 is 6.43. The van der Waals surface area contributed by atoms with Crippen molar-refractivity contribution in [2.45, 2.75) is 13.8 Å². The van der Waals surface area contributed by atoms with E-state index in [9.17, 15) is 13.6 Å². The lowest BCUT2D eigenvalue weighted by atomic mass is 9.99. The van der Waals surface area contributed by atoms with Gasteiger partial charge in [0.2, 0.25) is 0 Å². The summed E-state index contributed by atoms with van der Waals surface area (Å²) in [5.41, 5.74) is 0.367. The third-order valence-corrected chi connectivity index (χ3v) is 3.84. The molecule has 20 heavy (non-hydrogen) atoms. The van der Waals surface area contributed by atoms with E-state index in [1.165, 1.54) is 12.1 Å². The van der Waals surface area contributed by atoms with E-state index in [-0.39, 0.29) is 11.1 Å². The van der Waals surface area contributed by atoms with Crippen LogP contribution in [0.15, 0.2) is 33.2 Å². The Labute approximate surface area is 132 Å². The number of hydrogen-bond donors (Lipinski definition) is 0. The van der Waals surface area contributed by atoms with Gasteiger partial charge < -0.3 is 0 Å². The summed E-state index contributed by atoms with van der Waals surface area (Å²) in [5.74, 6) is -1.93. The van der Waals surface area contributed by atoms with Gasteiger partial charge in [0, 0.05) is 8.95 Å². The van der Waals surface area contributed by atoms with Gasteiger partial charge in [-0.2, -0.15) is 0 Å². The van der Waals surface area contributed by atoms with E-state index in [0.29, 0.717) is 20.1 Å². The fourth-order valence-corrected chi connectivity index (χ4v) is 3.07. The van der Waals surface area contributed by atoms with Gasteiger partial charge in [-0.25, -0.2) is 8.78 Å². The van der Waals surface area contributed by atoms with Crippen molar-refractivity contribution in [3.05, 3.63) is 67.1 Å². The van der Waals surface area contributed by atoms with Crippen molar-refractivity contribution in [2.75, 3.05) is 0 Å². The quantitative estimate of drug-likeness (QED) is 0.618. The molecular formula is C15H10Br2F2O. The predicted octanol–water partition coefficient (Wildman–Crippen LogP) is 5.34. The molecule has 0 aromatic heterocycles. The van der Waals surface area contributed by atoms with Crippen LogP contribution in [0.1, 0.15) is 27.0 Å². The topological polar surface area (TPSA) is 17.1 Å². The van der Waals surface area contributed by atoms with Gasteiger partial charge in [-0.1, -0.05) is 31.9 Å². The normalized spacial score (nSPS) is 10.7. The molecule has 0 atom stereocenters. The average molecular weight is 404 g/mol. The summed E-state index contributed by atoms with van der Waals surface area (Å²) in [6.45, 7) is 3.11. The highest BCUT2D eigenvalue weighted by molar-refractivity contribution is 9.10. The van der Waals surface area contributed by atoms with E-state index in [1.807, 2.05) is 0 Å². The molecule has 0 saturated carbocycles. The molecule has 0 bridgehead atoms. The van der Waals surface area contributed by atoms with Crippen molar-refractivity contribution in [1.29, 1.82) is 0 Å². The van der Waals surface area contributed by atoms with Gasteiger partial charge in [0.25, 0.3) is 0 Å². The summed E-state index contributed by atoms with van der Waals surface area (Å²) < 4.78 is 29.3. The number of hydrogen-bond acceptors (Lipinski definition) is 1. The summed E-state index contributed by atoms with van der Waals surface area (Å²) in [5, 5.41) is 0. The van der Waals surface area contributed by atoms with E-state index in [4.69, 9.17) is 0 Å². The van der Waals surface area contributed by atoms with Crippen molar-refractivity contribution in [2.24, 2.45) is 0 Å². The number of aryl methyl sites for hydroxylation is 2. The van der Waals surface area contributed by atoms with Crippen molar-refractivity contribution in [3.63, 3.8) is 0 Å². The highest BCUT2D eigenvalue weighted by Crippen LogP contribution is 2.26. The first-order valence-corrected chi connectivity index (χ1v) is 7.36. The van der Waals surface area contributed by atoms with Gasteiger partial charge in [0.05, 0.1) is 11.1 Å². The van der Waals surface area contributed by atoms with Crippen molar-refractivity contribution >= 4 is 37.6 Å². The zero-order chi connectivity index (χ0) is 15.0. The Bertz CT molecular complexity index is 652. The molecule has 1 nitrogen and oxygen atoms in total. The molecule has 0 saturated heterocycles. The standard InChI is InChI=1S/C15H10Br2F2O/c1-7-3-9(16)5-11(13(7)18)15(20)12-6-10(17)4-8(2)14(12)19/h3-6H,1-2H3. The van der Waals surface area contributed by atoms with E-state index < -0.39 is 17.4 Å². The molecule has 0 aliphatic carbocycles. The molecule has 2 aromatic rings. The molecule has 5 heteroatoms. The van der Waals surface area contributed by atoms with Crippen LogP contribution in [-0.4, -0.2) is 5.78 Å². The van der Waals surface area contributed by atoms with Crippen molar-refractivity contribution in [3.8, 4) is 0 Å². The van der Waals surface area contributed by atoms with Gasteiger partial charge in [-0.15, -0.1) is 0 Å². The second-order valence-corrected chi connectivity index (χ2v) is 6.33. The SMILES string of the molecule is Cc1cc(Br)cc(C(=O)c2cc(Br)cc(C)c2F)c1F. The first-order chi connectivity index (χ1) is 9.31. The number of ketones is 1. The van der Waals surface area contributed by atoms with Crippen LogP contribution < -0.4 is 0 Å². The Kier molecular flexibility index (Phi) is 4.39. The van der Waals surface area contributed by atoms with Crippen LogP contribution in [0.2, 0.25) is 0 Å². The second kappa shape index (κ2) is 5.74. The second-order valence-electron chi connectivity index (χ2n) is 4.50. The third-order valence-electron chi connectivity index (χ3n) is 2.93. The molecular weight excluding hydrogens is 394 g/mol. The summed E-state index contributed by atoms with van der Waals surface area (Å²) in [4.78, 5) is 12.4. The molecule has 0 N–H and O–H groups in total. The maximum atomic E-state index is 14.1. The molecule has 0 aliphatic rings. The molecule has 104 valence electrons. The van der Waals surface area contributed by atoms with E-state index in [1.54, 1.807) is 26.0 Å². The predicted molar refractivity (Wildman–Crippen MR) is 81.1 cm³/mol. The van der Waals surface area contributed by atoms with E-state index in [0.717, 1.165) is 0 Å². The number of carbonyl (C=O) groups excluding carboxylic acids is 1. The van der Waals surface area contributed by atoms with Crippen LogP contribution >= 0.6 is 31.9 Å². The molecule has 0 radical (unpaired) electrons. The van der Waals surface area contributed by atoms with Crippen LogP contribution in [0.5, 0.6) is 0 Å². The van der Waals surface area contributed by atoms with Gasteiger partial charge in [0.1, 0.15) is 11.6 Å². The number of rotatable bonds is 2. The fraction of sp³-hybridized carbons (Fsp3) is 0.133. The highest BCUT2D eigenvalue weighted by atomic mass is 79.9. The third kappa shape index (κ3) is 2.83. The molecule has 0 heterocycles. The maximum Gasteiger partial charge on any atom is 0.199 e. The highest BCUT2D eigenvalue weighted by Gasteiger charge is 2.21. The van der Waals surface area contributed by atoms with E-state index >= 15 is 0 Å². The van der Waals surface area contributed by atoms with Gasteiger partial charge in [0.15, 0.2) is 5.78 Å². The number of carbonyl (C=O) groups is 1.